The maximum absolute atomic E-state index is 12.2. The molecule has 0 aliphatic carbocycles. The second kappa shape index (κ2) is 7.25. The molecule has 0 unspecified atom stereocenters. The number of hydrogen-bond acceptors (Lipinski definition) is 6. The van der Waals surface area contributed by atoms with Crippen LogP contribution in [0, 0.1) is 5.92 Å². The van der Waals surface area contributed by atoms with Crippen LogP contribution in [-0.2, 0) is 11.3 Å². The van der Waals surface area contributed by atoms with Crippen molar-refractivity contribution in [3.8, 4) is 0 Å². The normalized spacial score (nSPS) is 14.4. The lowest BCUT2D eigenvalue weighted by atomic mass is 10.00. The summed E-state index contributed by atoms with van der Waals surface area (Å²) in [6, 6.07) is 11.2. The molecule has 1 fully saturated rings. The van der Waals surface area contributed by atoms with Gasteiger partial charge in [0.15, 0.2) is 5.13 Å². The third-order valence-corrected chi connectivity index (χ3v) is 5.53. The topological polar surface area (TPSA) is 80.1 Å². The molecule has 3 aromatic rings. The molecule has 1 saturated heterocycles. The van der Waals surface area contributed by atoms with E-state index >= 15 is 0 Å². The molecule has 7 nitrogen and oxygen atoms in total. The second-order valence-electron chi connectivity index (χ2n) is 6.30. The first-order valence-electron chi connectivity index (χ1n) is 8.61. The molecule has 1 aliphatic rings. The summed E-state index contributed by atoms with van der Waals surface area (Å²) in [5, 5.41) is 7.92. The summed E-state index contributed by atoms with van der Waals surface area (Å²) >= 11 is 1.66. The number of aryl methyl sites for hydroxylation is 1. The second-order valence-corrected chi connectivity index (χ2v) is 7.30. The number of fused-ring (bicyclic) bond motifs is 1. The SMILES string of the molecule is O=C(NCCCn1ncccc1=O)C1CN(c2nc3ccccc3s2)C1. The molecule has 0 spiro atoms. The van der Waals surface area contributed by atoms with Crippen LogP contribution in [0.4, 0.5) is 5.13 Å². The molecule has 8 heteroatoms. The van der Waals surface area contributed by atoms with Gasteiger partial charge >= 0.3 is 0 Å². The number of aromatic nitrogens is 3. The van der Waals surface area contributed by atoms with Crippen LogP contribution in [0.1, 0.15) is 6.42 Å². The van der Waals surface area contributed by atoms with E-state index in [1.165, 1.54) is 15.4 Å². The van der Waals surface area contributed by atoms with Gasteiger partial charge in [-0.25, -0.2) is 9.67 Å². The summed E-state index contributed by atoms with van der Waals surface area (Å²) in [5.74, 6) is 0.0651. The Balaban J connectivity index is 1.22. The smallest absolute Gasteiger partial charge is 0.266 e. The summed E-state index contributed by atoms with van der Waals surface area (Å²) in [6.07, 6.45) is 2.27. The Labute approximate surface area is 154 Å². The number of rotatable bonds is 6. The Kier molecular flexibility index (Phi) is 4.66. The van der Waals surface area contributed by atoms with Gasteiger partial charge in [-0.05, 0) is 24.6 Å². The van der Waals surface area contributed by atoms with E-state index in [1.807, 2.05) is 18.2 Å². The van der Waals surface area contributed by atoms with E-state index in [-0.39, 0.29) is 17.4 Å². The first-order valence-corrected chi connectivity index (χ1v) is 9.43. The highest BCUT2D eigenvalue weighted by molar-refractivity contribution is 7.22. The Bertz CT molecular complexity index is 944. The van der Waals surface area contributed by atoms with E-state index in [2.05, 4.69) is 26.4 Å². The van der Waals surface area contributed by atoms with E-state index in [0.29, 0.717) is 32.6 Å². The number of anilines is 1. The third kappa shape index (κ3) is 3.45. The third-order valence-electron chi connectivity index (χ3n) is 4.44. The first-order chi connectivity index (χ1) is 12.7. The van der Waals surface area contributed by atoms with Gasteiger partial charge < -0.3 is 10.2 Å². The van der Waals surface area contributed by atoms with E-state index in [4.69, 9.17) is 0 Å². The summed E-state index contributed by atoms with van der Waals surface area (Å²) < 4.78 is 2.57. The Hall–Kier alpha value is -2.74. The van der Waals surface area contributed by atoms with Crippen LogP contribution in [-0.4, -0.2) is 40.3 Å². The molecule has 134 valence electrons. The van der Waals surface area contributed by atoms with Crippen LogP contribution >= 0.6 is 11.3 Å². The summed E-state index contributed by atoms with van der Waals surface area (Å²) in [7, 11) is 0. The Morgan fingerprint density at radius 3 is 2.88 bits per heavy atom. The lowest BCUT2D eigenvalue weighted by Gasteiger charge is -2.37. The average molecular weight is 369 g/mol. The minimum atomic E-state index is -0.121. The maximum atomic E-state index is 12.2. The van der Waals surface area contributed by atoms with Gasteiger partial charge in [-0.2, -0.15) is 5.10 Å². The van der Waals surface area contributed by atoms with Gasteiger partial charge in [-0.3, -0.25) is 9.59 Å². The van der Waals surface area contributed by atoms with E-state index < -0.39 is 0 Å². The fourth-order valence-corrected chi connectivity index (χ4v) is 3.92. The Morgan fingerprint density at radius 1 is 1.23 bits per heavy atom. The van der Waals surface area contributed by atoms with Crippen molar-refractivity contribution in [3.63, 3.8) is 0 Å². The highest BCUT2D eigenvalue weighted by Gasteiger charge is 2.34. The van der Waals surface area contributed by atoms with Gasteiger partial charge in [0.2, 0.25) is 5.91 Å². The van der Waals surface area contributed by atoms with E-state index in [9.17, 15) is 9.59 Å². The predicted octanol–water partition coefficient (Wildman–Crippen LogP) is 1.50. The van der Waals surface area contributed by atoms with Gasteiger partial charge in [0.25, 0.3) is 5.56 Å². The molecule has 1 aromatic carbocycles. The van der Waals surface area contributed by atoms with Gasteiger partial charge in [0.1, 0.15) is 0 Å². The quantitative estimate of drug-likeness (QED) is 0.666. The zero-order valence-corrected chi connectivity index (χ0v) is 15.0. The maximum Gasteiger partial charge on any atom is 0.266 e. The number of carbonyl (C=O) groups excluding carboxylic acids is 1. The van der Waals surface area contributed by atoms with Crippen LogP contribution in [0.15, 0.2) is 47.4 Å². The van der Waals surface area contributed by atoms with E-state index in [0.717, 1.165) is 10.6 Å². The molecule has 0 radical (unpaired) electrons. The highest BCUT2D eigenvalue weighted by atomic mass is 32.1. The molecule has 26 heavy (non-hydrogen) atoms. The zero-order valence-electron chi connectivity index (χ0n) is 14.2. The number of para-hydroxylation sites is 1. The molecule has 0 saturated carbocycles. The number of nitrogens with one attached hydrogen (secondary N) is 1. The van der Waals surface area contributed by atoms with Gasteiger partial charge in [-0.15, -0.1) is 0 Å². The zero-order chi connectivity index (χ0) is 17.9. The molecule has 0 bridgehead atoms. The first kappa shape index (κ1) is 16.7. The molecular weight excluding hydrogens is 350 g/mol. The van der Waals surface area contributed by atoms with Gasteiger partial charge in [0.05, 0.1) is 16.1 Å². The number of nitrogens with zero attached hydrogens (tertiary/aromatic N) is 4. The van der Waals surface area contributed by atoms with Crippen molar-refractivity contribution in [1.82, 2.24) is 20.1 Å². The number of hydrogen-bond donors (Lipinski definition) is 1. The number of carbonyl (C=O) groups is 1. The highest BCUT2D eigenvalue weighted by Crippen LogP contribution is 2.32. The minimum absolute atomic E-state index is 0.000384. The van der Waals surface area contributed by atoms with Crippen molar-refractivity contribution < 1.29 is 4.79 Å². The van der Waals surface area contributed by atoms with E-state index in [1.54, 1.807) is 23.6 Å². The fraction of sp³-hybridized carbons (Fsp3) is 0.333. The van der Waals surface area contributed by atoms with Crippen LogP contribution in [0.3, 0.4) is 0 Å². The number of amides is 1. The van der Waals surface area contributed by atoms with Crippen LogP contribution in [0.2, 0.25) is 0 Å². The molecule has 2 aromatic heterocycles. The van der Waals surface area contributed by atoms with Crippen LogP contribution < -0.4 is 15.8 Å². The summed E-state index contributed by atoms with van der Waals surface area (Å²) in [4.78, 5) is 30.5. The minimum Gasteiger partial charge on any atom is -0.356 e. The van der Waals surface area contributed by atoms with Crippen molar-refractivity contribution in [1.29, 1.82) is 0 Å². The van der Waals surface area contributed by atoms with Crippen molar-refractivity contribution in [2.45, 2.75) is 13.0 Å². The monoisotopic (exact) mass is 369 g/mol. The van der Waals surface area contributed by atoms with Gasteiger partial charge in [-0.1, -0.05) is 23.5 Å². The number of thiazole rings is 1. The van der Waals surface area contributed by atoms with Crippen molar-refractivity contribution >= 4 is 32.6 Å². The molecular formula is C18H19N5O2S. The number of benzene rings is 1. The molecule has 1 amide bonds. The van der Waals surface area contributed by atoms with Gasteiger partial charge in [0, 0.05) is 38.4 Å². The van der Waals surface area contributed by atoms with Crippen molar-refractivity contribution in [2.24, 2.45) is 5.92 Å². The standard InChI is InChI=1S/C18H19N5O2S/c24-16-7-3-9-20-23(16)10-4-8-19-17(25)13-11-22(12-13)18-21-14-5-1-2-6-15(14)26-18/h1-3,5-7,9,13H,4,8,10-12H2,(H,19,25). The molecule has 3 heterocycles. The van der Waals surface area contributed by atoms with Crippen molar-refractivity contribution in [2.75, 3.05) is 24.5 Å². The average Bonchev–Trinajstić information content (AvgIpc) is 3.02. The van der Waals surface area contributed by atoms with Crippen LogP contribution in [0.5, 0.6) is 0 Å². The predicted molar refractivity (Wildman–Crippen MR) is 101 cm³/mol. The Morgan fingerprint density at radius 2 is 2.08 bits per heavy atom. The lowest BCUT2D eigenvalue weighted by Crippen LogP contribution is -2.53. The fourth-order valence-electron chi connectivity index (χ4n) is 2.94. The molecule has 1 aliphatic heterocycles. The van der Waals surface area contributed by atoms with Crippen LogP contribution in [0.25, 0.3) is 10.2 Å². The summed E-state index contributed by atoms with van der Waals surface area (Å²) in [6.45, 7) is 2.44. The van der Waals surface area contributed by atoms with Crippen molar-refractivity contribution in [3.05, 3.63) is 52.9 Å². The molecule has 0 atom stereocenters. The lowest BCUT2D eigenvalue weighted by molar-refractivity contribution is -0.125. The molecule has 4 rings (SSSR count). The largest absolute Gasteiger partial charge is 0.356 e. The molecule has 1 N–H and O–H groups in total. The summed E-state index contributed by atoms with van der Waals surface area (Å²) in [5.41, 5.74) is 0.884.